The number of amides is 3. The summed E-state index contributed by atoms with van der Waals surface area (Å²) in [5.41, 5.74) is 0.371. The molecular weight excluding hydrogens is 408 g/mol. The van der Waals surface area contributed by atoms with Crippen molar-refractivity contribution in [1.29, 1.82) is 0 Å². The standard InChI is InChI=1S/C21H20N2O6S/c1-27-16-9-5-8-15-17(16)29-13-22(18(15)24)10-11-28-20-19(25)23(21(26)30-20)12-14-6-3-2-4-7-14/h2-9,20H,10-13H2,1H3. The average Bonchev–Trinajstić information content (AvgIpc) is 3.03. The van der Waals surface area contributed by atoms with Crippen molar-refractivity contribution >= 4 is 28.8 Å². The fourth-order valence-corrected chi connectivity index (χ4v) is 4.10. The molecule has 156 valence electrons. The molecule has 0 aromatic heterocycles. The molecule has 0 aliphatic carbocycles. The van der Waals surface area contributed by atoms with Gasteiger partial charge in [0.1, 0.15) is 0 Å². The number of para-hydroxylation sites is 1. The molecule has 0 bridgehead atoms. The third-order valence-electron chi connectivity index (χ3n) is 4.79. The van der Waals surface area contributed by atoms with E-state index in [9.17, 15) is 14.4 Å². The predicted octanol–water partition coefficient (Wildman–Crippen LogP) is 2.73. The molecule has 2 aliphatic heterocycles. The topological polar surface area (TPSA) is 85.4 Å². The Bertz CT molecular complexity index is 967. The van der Waals surface area contributed by atoms with Gasteiger partial charge in [0.25, 0.3) is 17.1 Å². The average molecular weight is 428 g/mol. The third kappa shape index (κ3) is 3.99. The molecule has 8 nitrogen and oxygen atoms in total. The molecule has 30 heavy (non-hydrogen) atoms. The zero-order chi connectivity index (χ0) is 21.1. The summed E-state index contributed by atoms with van der Waals surface area (Å²) in [6, 6.07) is 14.4. The summed E-state index contributed by atoms with van der Waals surface area (Å²) in [5, 5.41) is -0.341. The number of benzene rings is 2. The minimum atomic E-state index is -0.908. The highest BCUT2D eigenvalue weighted by Crippen LogP contribution is 2.34. The van der Waals surface area contributed by atoms with Gasteiger partial charge < -0.3 is 19.1 Å². The van der Waals surface area contributed by atoms with Crippen LogP contribution in [0, 0.1) is 0 Å². The largest absolute Gasteiger partial charge is 0.493 e. The van der Waals surface area contributed by atoms with Crippen molar-refractivity contribution < 1.29 is 28.6 Å². The molecule has 1 fully saturated rings. The van der Waals surface area contributed by atoms with Gasteiger partial charge in [-0.3, -0.25) is 19.3 Å². The Kier molecular flexibility index (Phi) is 5.91. The summed E-state index contributed by atoms with van der Waals surface area (Å²) in [7, 11) is 1.52. The molecule has 2 aliphatic rings. The summed E-state index contributed by atoms with van der Waals surface area (Å²) < 4.78 is 16.5. The van der Waals surface area contributed by atoms with Crippen molar-refractivity contribution in [2.75, 3.05) is 27.0 Å². The maximum atomic E-state index is 12.7. The van der Waals surface area contributed by atoms with Crippen molar-refractivity contribution in [3.8, 4) is 11.5 Å². The van der Waals surface area contributed by atoms with Crippen molar-refractivity contribution in [2.24, 2.45) is 0 Å². The number of fused-ring (bicyclic) bond motifs is 1. The highest BCUT2D eigenvalue weighted by atomic mass is 32.2. The van der Waals surface area contributed by atoms with Gasteiger partial charge in [0.05, 0.1) is 25.8 Å². The lowest BCUT2D eigenvalue weighted by Crippen LogP contribution is -2.41. The molecule has 9 heteroatoms. The van der Waals surface area contributed by atoms with Gasteiger partial charge in [-0.2, -0.15) is 0 Å². The highest BCUT2D eigenvalue weighted by molar-refractivity contribution is 8.15. The van der Waals surface area contributed by atoms with Gasteiger partial charge in [-0.05, 0) is 29.5 Å². The van der Waals surface area contributed by atoms with Crippen molar-refractivity contribution in [3.05, 3.63) is 59.7 Å². The Balaban J connectivity index is 1.32. The molecule has 1 saturated heterocycles. The number of nitrogens with zero attached hydrogens (tertiary/aromatic N) is 2. The van der Waals surface area contributed by atoms with Crippen molar-refractivity contribution in [1.82, 2.24) is 9.80 Å². The monoisotopic (exact) mass is 428 g/mol. The smallest absolute Gasteiger partial charge is 0.291 e. The molecule has 2 heterocycles. The van der Waals surface area contributed by atoms with Crippen LogP contribution >= 0.6 is 11.8 Å². The number of carbonyl (C=O) groups is 3. The lowest BCUT2D eigenvalue weighted by atomic mass is 10.1. The van der Waals surface area contributed by atoms with E-state index in [-0.39, 0.29) is 43.5 Å². The molecule has 0 spiro atoms. The number of hydrogen-bond acceptors (Lipinski definition) is 7. The molecular formula is C21H20N2O6S. The molecule has 0 N–H and O–H groups in total. The normalized spacial score (nSPS) is 18.4. The first-order valence-electron chi connectivity index (χ1n) is 9.35. The fraction of sp³-hybridized carbons (Fsp3) is 0.286. The summed E-state index contributed by atoms with van der Waals surface area (Å²) in [4.78, 5) is 40.1. The van der Waals surface area contributed by atoms with Gasteiger partial charge >= 0.3 is 0 Å². The van der Waals surface area contributed by atoms with Crippen LogP contribution in [0.5, 0.6) is 11.5 Å². The van der Waals surface area contributed by atoms with Crippen LogP contribution in [0.25, 0.3) is 0 Å². The van der Waals surface area contributed by atoms with Gasteiger partial charge in [0.2, 0.25) is 0 Å². The van der Waals surface area contributed by atoms with E-state index in [1.54, 1.807) is 18.2 Å². The molecule has 0 saturated carbocycles. The van der Waals surface area contributed by atoms with E-state index < -0.39 is 5.44 Å². The van der Waals surface area contributed by atoms with E-state index in [1.807, 2.05) is 30.3 Å². The lowest BCUT2D eigenvalue weighted by Gasteiger charge is -2.29. The van der Waals surface area contributed by atoms with Gasteiger partial charge in [-0.25, -0.2) is 0 Å². The lowest BCUT2D eigenvalue weighted by molar-refractivity contribution is -0.134. The maximum absolute atomic E-state index is 12.7. The van der Waals surface area contributed by atoms with Crippen LogP contribution in [-0.2, 0) is 16.1 Å². The van der Waals surface area contributed by atoms with Crippen LogP contribution in [0.2, 0.25) is 0 Å². The first-order valence-corrected chi connectivity index (χ1v) is 10.2. The second-order valence-electron chi connectivity index (χ2n) is 6.68. The molecule has 2 aromatic carbocycles. The van der Waals surface area contributed by atoms with Crippen LogP contribution in [0.4, 0.5) is 4.79 Å². The van der Waals surface area contributed by atoms with Crippen molar-refractivity contribution in [3.63, 3.8) is 0 Å². The van der Waals surface area contributed by atoms with Crippen LogP contribution in [0.1, 0.15) is 15.9 Å². The van der Waals surface area contributed by atoms with Crippen LogP contribution in [-0.4, -0.2) is 59.3 Å². The van der Waals surface area contributed by atoms with E-state index in [1.165, 1.54) is 16.9 Å². The quantitative estimate of drug-likeness (QED) is 0.670. The summed E-state index contributed by atoms with van der Waals surface area (Å²) in [5.74, 6) is 0.337. The highest BCUT2D eigenvalue weighted by Gasteiger charge is 2.40. The summed E-state index contributed by atoms with van der Waals surface area (Å²) >= 11 is 0.846. The van der Waals surface area contributed by atoms with E-state index >= 15 is 0 Å². The molecule has 4 rings (SSSR count). The number of rotatable bonds is 7. The van der Waals surface area contributed by atoms with Gasteiger partial charge in [-0.15, -0.1) is 0 Å². The zero-order valence-corrected chi connectivity index (χ0v) is 17.1. The van der Waals surface area contributed by atoms with E-state index in [0.29, 0.717) is 17.1 Å². The Morgan fingerprint density at radius 3 is 2.67 bits per heavy atom. The summed E-state index contributed by atoms with van der Waals surface area (Å²) in [6.45, 7) is 0.597. The zero-order valence-electron chi connectivity index (χ0n) is 16.3. The molecule has 3 amide bonds. The number of imide groups is 1. The Morgan fingerprint density at radius 1 is 1.10 bits per heavy atom. The fourth-order valence-electron chi connectivity index (χ4n) is 3.24. The second-order valence-corrected chi connectivity index (χ2v) is 7.69. The first-order chi connectivity index (χ1) is 14.6. The second kappa shape index (κ2) is 8.76. The van der Waals surface area contributed by atoms with Crippen LogP contribution in [0.3, 0.4) is 0 Å². The SMILES string of the molecule is COc1cccc2c1OCN(CCOC1SC(=O)N(Cc3ccccc3)C1=O)C2=O. The molecule has 1 unspecified atom stereocenters. The summed E-state index contributed by atoms with van der Waals surface area (Å²) in [6.07, 6.45) is 0. The van der Waals surface area contributed by atoms with Crippen molar-refractivity contribution in [2.45, 2.75) is 12.0 Å². The number of methoxy groups -OCH3 is 1. The van der Waals surface area contributed by atoms with Gasteiger partial charge in [-0.1, -0.05) is 36.4 Å². The number of ether oxygens (including phenoxy) is 3. The van der Waals surface area contributed by atoms with E-state index in [0.717, 1.165) is 17.3 Å². The number of hydrogen-bond donors (Lipinski definition) is 0. The van der Waals surface area contributed by atoms with Gasteiger partial charge in [0, 0.05) is 6.54 Å². The maximum Gasteiger partial charge on any atom is 0.291 e. The molecule has 0 radical (unpaired) electrons. The number of carbonyl (C=O) groups excluding carboxylic acids is 3. The minimum Gasteiger partial charge on any atom is -0.493 e. The van der Waals surface area contributed by atoms with Gasteiger partial charge in [0.15, 0.2) is 23.7 Å². The van der Waals surface area contributed by atoms with E-state index in [2.05, 4.69) is 0 Å². The first kappa shape index (κ1) is 20.2. The van der Waals surface area contributed by atoms with E-state index in [4.69, 9.17) is 14.2 Å². The van der Waals surface area contributed by atoms with Crippen LogP contribution < -0.4 is 9.47 Å². The Labute approximate surface area is 177 Å². The van der Waals surface area contributed by atoms with Crippen LogP contribution in [0.15, 0.2) is 48.5 Å². The molecule has 1 atom stereocenters. The molecule has 2 aromatic rings. The Morgan fingerprint density at radius 2 is 1.90 bits per heavy atom. The third-order valence-corrected chi connectivity index (χ3v) is 5.76. The Hall–Kier alpha value is -3.04. The number of thioether (sulfide) groups is 1. The minimum absolute atomic E-state index is 0.0559. The predicted molar refractivity (Wildman–Crippen MR) is 109 cm³/mol.